The van der Waals surface area contributed by atoms with E-state index < -0.39 is 0 Å². The van der Waals surface area contributed by atoms with Gasteiger partial charge in [0.15, 0.2) is 0 Å². The molecule has 1 fully saturated rings. The number of amides is 2. The zero-order chi connectivity index (χ0) is 17.6. The second-order valence-electron chi connectivity index (χ2n) is 6.59. The fraction of sp³-hybridized carbons (Fsp3) is 0.350. The lowest BCUT2D eigenvalue weighted by molar-refractivity contribution is 0.0697. The molecule has 3 rings (SSSR count). The minimum atomic E-state index is -0.182. The number of pyridine rings is 1. The van der Waals surface area contributed by atoms with Crippen LogP contribution in [0.2, 0.25) is 0 Å². The second-order valence-corrected chi connectivity index (χ2v) is 6.59. The lowest BCUT2D eigenvalue weighted by Crippen LogP contribution is -2.38. The van der Waals surface area contributed by atoms with E-state index in [-0.39, 0.29) is 11.8 Å². The quantitative estimate of drug-likeness (QED) is 0.933. The van der Waals surface area contributed by atoms with Crippen molar-refractivity contribution in [2.75, 3.05) is 13.1 Å². The van der Waals surface area contributed by atoms with Crippen molar-refractivity contribution in [1.29, 1.82) is 0 Å². The molecule has 5 heteroatoms. The number of nitrogens with zero attached hydrogens (tertiary/aromatic N) is 2. The molecular formula is C20H23N3O2. The van der Waals surface area contributed by atoms with E-state index in [2.05, 4.69) is 17.2 Å². The summed E-state index contributed by atoms with van der Waals surface area (Å²) in [4.78, 5) is 30.8. The summed E-state index contributed by atoms with van der Waals surface area (Å²) < 4.78 is 0. The van der Waals surface area contributed by atoms with Crippen LogP contribution in [0, 0.1) is 5.92 Å². The number of rotatable bonds is 4. The van der Waals surface area contributed by atoms with E-state index in [1.807, 2.05) is 17.0 Å². The van der Waals surface area contributed by atoms with Crippen molar-refractivity contribution in [1.82, 2.24) is 15.2 Å². The Hall–Kier alpha value is -2.69. The molecule has 0 bridgehead atoms. The van der Waals surface area contributed by atoms with Crippen LogP contribution >= 0.6 is 0 Å². The number of carbonyl (C=O) groups is 2. The molecule has 0 aliphatic carbocycles. The summed E-state index contributed by atoms with van der Waals surface area (Å²) in [5.74, 6) is 0.503. The summed E-state index contributed by atoms with van der Waals surface area (Å²) in [7, 11) is 0. The zero-order valence-corrected chi connectivity index (χ0v) is 14.4. The van der Waals surface area contributed by atoms with E-state index in [0.717, 1.165) is 31.5 Å². The molecule has 0 spiro atoms. The largest absolute Gasteiger partial charge is 0.348 e. The lowest BCUT2D eigenvalue weighted by atomic mass is 9.98. The van der Waals surface area contributed by atoms with E-state index in [9.17, 15) is 9.59 Å². The third kappa shape index (κ3) is 4.44. The Kier molecular flexibility index (Phi) is 5.43. The van der Waals surface area contributed by atoms with Gasteiger partial charge in [-0.2, -0.15) is 0 Å². The Morgan fingerprint density at radius 1 is 1.12 bits per heavy atom. The van der Waals surface area contributed by atoms with Gasteiger partial charge in [-0.15, -0.1) is 0 Å². The molecule has 0 radical (unpaired) electrons. The van der Waals surface area contributed by atoms with E-state index in [1.54, 1.807) is 36.7 Å². The van der Waals surface area contributed by atoms with Crippen LogP contribution in [0.4, 0.5) is 0 Å². The van der Waals surface area contributed by atoms with Gasteiger partial charge >= 0.3 is 0 Å². The van der Waals surface area contributed by atoms with Crippen molar-refractivity contribution in [2.24, 2.45) is 5.92 Å². The van der Waals surface area contributed by atoms with Crippen molar-refractivity contribution in [3.63, 3.8) is 0 Å². The number of likely N-dealkylation sites (tertiary alicyclic amines) is 1. The normalized spacial score (nSPS) is 15.0. The molecule has 5 nitrogen and oxygen atoms in total. The fourth-order valence-corrected chi connectivity index (χ4v) is 2.97. The first-order valence-electron chi connectivity index (χ1n) is 8.70. The van der Waals surface area contributed by atoms with Crippen LogP contribution in [-0.4, -0.2) is 34.8 Å². The summed E-state index contributed by atoms with van der Waals surface area (Å²) in [5.41, 5.74) is 2.06. The molecule has 1 aromatic carbocycles. The molecule has 1 N–H and O–H groups in total. The number of carbonyl (C=O) groups excluding carboxylic acids is 2. The van der Waals surface area contributed by atoms with Gasteiger partial charge in [-0.1, -0.05) is 13.0 Å². The molecule has 2 amide bonds. The minimum Gasteiger partial charge on any atom is -0.348 e. The third-order valence-electron chi connectivity index (χ3n) is 4.64. The van der Waals surface area contributed by atoms with Crippen LogP contribution in [0.1, 0.15) is 46.0 Å². The second kappa shape index (κ2) is 7.92. The average Bonchev–Trinajstić information content (AvgIpc) is 2.67. The number of hydrogen-bond donors (Lipinski definition) is 1. The monoisotopic (exact) mass is 337 g/mol. The Morgan fingerprint density at radius 2 is 1.80 bits per heavy atom. The van der Waals surface area contributed by atoms with Crippen molar-refractivity contribution in [3.05, 3.63) is 65.5 Å². The third-order valence-corrected chi connectivity index (χ3v) is 4.64. The molecule has 0 saturated carbocycles. The number of hydrogen-bond acceptors (Lipinski definition) is 3. The van der Waals surface area contributed by atoms with Gasteiger partial charge in [-0.05, 0) is 54.7 Å². The maximum atomic E-state index is 12.6. The maximum Gasteiger partial charge on any atom is 0.253 e. The van der Waals surface area contributed by atoms with E-state index >= 15 is 0 Å². The molecule has 2 aromatic rings. The number of benzene rings is 1. The highest BCUT2D eigenvalue weighted by atomic mass is 16.2. The topological polar surface area (TPSA) is 62.3 Å². The van der Waals surface area contributed by atoms with Crippen LogP contribution in [0.15, 0.2) is 48.8 Å². The minimum absolute atomic E-state index is 0.00989. The van der Waals surface area contributed by atoms with Crippen LogP contribution in [0.3, 0.4) is 0 Å². The highest BCUT2D eigenvalue weighted by Crippen LogP contribution is 2.18. The molecule has 0 atom stereocenters. The Labute approximate surface area is 148 Å². The van der Waals surface area contributed by atoms with Gasteiger partial charge < -0.3 is 10.2 Å². The Bertz CT molecular complexity index is 738. The smallest absolute Gasteiger partial charge is 0.253 e. The van der Waals surface area contributed by atoms with Gasteiger partial charge in [0.25, 0.3) is 11.8 Å². The Morgan fingerprint density at radius 3 is 2.52 bits per heavy atom. The molecule has 1 aromatic heterocycles. The van der Waals surface area contributed by atoms with Gasteiger partial charge in [0.2, 0.25) is 0 Å². The molecule has 1 saturated heterocycles. The lowest BCUT2D eigenvalue weighted by Gasteiger charge is -2.30. The van der Waals surface area contributed by atoms with Crippen LogP contribution in [-0.2, 0) is 6.54 Å². The van der Waals surface area contributed by atoms with Gasteiger partial charge in [-0.25, -0.2) is 0 Å². The van der Waals surface area contributed by atoms with Gasteiger partial charge in [0, 0.05) is 43.2 Å². The summed E-state index contributed by atoms with van der Waals surface area (Å²) in [5, 5.41) is 2.88. The predicted octanol–water partition coefficient (Wildman–Crippen LogP) is 2.88. The highest BCUT2D eigenvalue weighted by molar-refractivity contribution is 5.99. The van der Waals surface area contributed by atoms with Gasteiger partial charge in [-0.3, -0.25) is 14.6 Å². The number of aromatic nitrogens is 1. The van der Waals surface area contributed by atoms with E-state index in [4.69, 9.17) is 0 Å². The first-order chi connectivity index (χ1) is 12.1. The first-order valence-corrected chi connectivity index (χ1v) is 8.70. The summed E-state index contributed by atoms with van der Waals surface area (Å²) in [6.07, 6.45) is 5.47. The number of nitrogens with one attached hydrogen (secondary N) is 1. The van der Waals surface area contributed by atoms with Crippen molar-refractivity contribution >= 4 is 11.8 Å². The van der Waals surface area contributed by atoms with Gasteiger partial charge in [0.05, 0.1) is 0 Å². The molecule has 1 aliphatic rings. The van der Waals surface area contributed by atoms with Crippen LogP contribution < -0.4 is 5.32 Å². The molecule has 25 heavy (non-hydrogen) atoms. The standard InChI is InChI=1S/C20H23N3O2/c1-15-7-11-23(12-8-15)20(25)18-4-2-3-17(13-18)19(24)22-14-16-5-9-21-10-6-16/h2-6,9-10,13,15H,7-8,11-12,14H2,1H3,(H,22,24). The molecule has 1 aliphatic heterocycles. The molecule has 2 heterocycles. The van der Waals surface area contributed by atoms with E-state index in [0.29, 0.717) is 23.6 Å². The first kappa shape index (κ1) is 17.1. The molecule has 130 valence electrons. The average molecular weight is 337 g/mol. The van der Waals surface area contributed by atoms with E-state index in [1.165, 1.54) is 0 Å². The van der Waals surface area contributed by atoms with Gasteiger partial charge in [0.1, 0.15) is 0 Å². The van der Waals surface area contributed by atoms with Crippen molar-refractivity contribution < 1.29 is 9.59 Å². The highest BCUT2D eigenvalue weighted by Gasteiger charge is 2.22. The fourth-order valence-electron chi connectivity index (χ4n) is 2.97. The summed E-state index contributed by atoms with van der Waals surface area (Å²) >= 11 is 0. The van der Waals surface area contributed by atoms with Crippen LogP contribution in [0.5, 0.6) is 0 Å². The summed E-state index contributed by atoms with van der Waals surface area (Å²) in [6.45, 7) is 4.23. The SMILES string of the molecule is CC1CCN(C(=O)c2cccc(C(=O)NCc3ccncc3)c2)CC1. The predicted molar refractivity (Wildman–Crippen MR) is 96.2 cm³/mol. The zero-order valence-electron chi connectivity index (χ0n) is 14.4. The number of piperidine rings is 1. The molecular weight excluding hydrogens is 314 g/mol. The molecule has 0 unspecified atom stereocenters. The van der Waals surface area contributed by atoms with Crippen molar-refractivity contribution in [3.8, 4) is 0 Å². The summed E-state index contributed by atoms with van der Waals surface area (Å²) in [6, 6.07) is 10.7. The Balaban J connectivity index is 1.64. The maximum absolute atomic E-state index is 12.6. The van der Waals surface area contributed by atoms with Crippen molar-refractivity contribution in [2.45, 2.75) is 26.3 Å². The van der Waals surface area contributed by atoms with Crippen LogP contribution in [0.25, 0.3) is 0 Å².